The molecule has 1 aliphatic heterocycles. The fourth-order valence-corrected chi connectivity index (χ4v) is 3.96. The maximum absolute atomic E-state index is 12.4. The number of hydrogen-bond acceptors (Lipinski definition) is 5. The monoisotopic (exact) mass is 319 g/mol. The summed E-state index contributed by atoms with van der Waals surface area (Å²) in [5.41, 5.74) is 0. The molecular weight excluding hydrogens is 298 g/mol. The Morgan fingerprint density at radius 3 is 3.09 bits per heavy atom. The van der Waals surface area contributed by atoms with Gasteiger partial charge in [0.15, 0.2) is 5.76 Å². The molecule has 1 aliphatic rings. The lowest BCUT2D eigenvalue weighted by Crippen LogP contribution is -2.38. The average Bonchev–Trinajstić information content (AvgIpc) is 3.17. The second-order valence-corrected chi connectivity index (χ2v) is 7.29. The van der Waals surface area contributed by atoms with Crippen molar-refractivity contribution in [1.29, 1.82) is 0 Å². The van der Waals surface area contributed by atoms with Gasteiger partial charge < -0.3 is 9.32 Å². The maximum Gasteiger partial charge on any atom is 0.289 e. The Balaban J connectivity index is 1.67. The van der Waals surface area contributed by atoms with E-state index in [2.05, 4.69) is 24.0 Å². The summed E-state index contributed by atoms with van der Waals surface area (Å²) in [7, 11) is 0. The molecule has 3 rings (SSSR count). The van der Waals surface area contributed by atoms with Crippen LogP contribution in [0.15, 0.2) is 22.8 Å². The van der Waals surface area contributed by atoms with Gasteiger partial charge in [0.1, 0.15) is 10.0 Å². The molecule has 0 radical (unpaired) electrons. The Labute approximate surface area is 134 Å². The first-order valence-corrected chi connectivity index (χ1v) is 8.60. The molecular formula is C16H21N3O2S. The number of carbonyl (C=O) groups excluding carboxylic acids is 1. The van der Waals surface area contributed by atoms with Crippen LogP contribution in [0.4, 0.5) is 0 Å². The number of nitrogens with zero attached hydrogens (tertiary/aromatic N) is 3. The van der Waals surface area contributed by atoms with Gasteiger partial charge in [0.05, 0.1) is 6.26 Å². The zero-order valence-electron chi connectivity index (χ0n) is 13.0. The Bertz CT molecular complexity index is 621. The number of carbonyl (C=O) groups is 1. The van der Waals surface area contributed by atoms with Crippen molar-refractivity contribution in [2.75, 3.05) is 13.1 Å². The van der Waals surface area contributed by atoms with Crippen LogP contribution in [0.25, 0.3) is 0 Å². The molecule has 0 aromatic carbocycles. The van der Waals surface area contributed by atoms with Gasteiger partial charge >= 0.3 is 0 Å². The van der Waals surface area contributed by atoms with Gasteiger partial charge in [0, 0.05) is 25.4 Å². The van der Waals surface area contributed by atoms with Crippen LogP contribution in [0, 0.1) is 5.92 Å². The van der Waals surface area contributed by atoms with E-state index in [1.165, 1.54) is 6.26 Å². The molecule has 1 atom stereocenters. The largest absolute Gasteiger partial charge is 0.459 e. The second-order valence-electron chi connectivity index (χ2n) is 6.20. The van der Waals surface area contributed by atoms with Crippen molar-refractivity contribution in [2.45, 2.75) is 39.0 Å². The molecule has 1 amide bonds. The summed E-state index contributed by atoms with van der Waals surface area (Å²) in [5.74, 6) is 1.27. The van der Waals surface area contributed by atoms with Crippen LogP contribution in [0.1, 0.15) is 53.2 Å². The molecule has 0 spiro atoms. The van der Waals surface area contributed by atoms with Gasteiger partial charge in [-0.15, -0.1) is 21.5 Å². The Morgan fingerprint density at radius 2 is 2.36 bits per heavy atom. The lowest BCUT2D eigenvalue weighted by molar-refractivity contribution is 0.0674. The molecule has 1 saturated heterocycles. The molecule has 1 unspecified atom stereocenters. The van der Waals surface area contributed by atoms with Gasteiger partial charge in [-0.05, 0) is 30.9 Å². The summed E-state index contributed by atoms with van der Waals surface area (Å²) >= 11 is 1.70. The van der Waals surface area contributed by atoms with Crippen LogP contribution in [-0.2, 0) is 6.42 Å². The van der Waals surface area contributed by atoms with E-state index in [0.717, 1.165) is 35.8 Å². The first-order chi connectivity index (χ1) is 10.6. The van der Waals surface area contributed by atoms with Gasteiger partial charge in [-0.25, -0.2) is 0 Å². The predicted octanol–water partition coefficient (Wildman–Crippen LogP) is 3.35. The molecule has 0 aliphatic carbocycles. The third kappa shape index (κ3) is 3.38. The highest BCUT2D eigenvalue weighted by atomic mass is 32.1. The molecule has 1 fully saturated rings. The fourth-order valence-electron chi connectivity index (χ4n) is 2.78. The van der Waals surface area contributed by atoms with E-state index in [4.69, 9.17) is 4.42 Å². The van der Waals surface area contributed by atoms with Crippen LogP contribution in [-0.4, -0.2) is 34.1 Å². The van der Waals surface area contributed by atoms with Crippen molar-refractivity contribution >= 4 is 17.2 Å². The second kappa shape index (κ2) is 6.60. The number of furan rings is 1. The standard InChI is InChI=1S/C16H21N3O2S/c1-11(2)9-14-17-18-15(22-14)12-5-3-7-19(10-12)16(20)13-6-4-8-21-13/h4,6,8,11-12H,3,5,7,9-10H2,1-2H3. The van der Waals surface area contributed by atoms with Crippen LogP contribution in [0.3, 0.4) is 0 Å². The molecule has 22 heavy (non-hydrogen) atoms. The highest BCUT2D eigenvalue weighted by molar-refractivity contribution is 7.11. The zero-order chi connectivity index (χ0) is 15.5. The van der Waals surface area contributed by atoms with E-state index in [1.807, 2.05) is 4.90 Å². The average molecular weight is 319 g/mol. The smallest absolute Gasteiger partial charge is 0.289 e. The topological polar surface area (TPSA) is 59.2 Å². The number of hydrogen-bond donors (Lipinski definition) is 0. The number of rotatable bonds is 4. The molecule has 6 heteroatoms. The predicted molar refractivity (Wildman–Crippen MR) is 85.0 cm³/mol. The molecule has 0 bridgehead atoms. The van der Waals surface area contributed by atoms with Crippen molar-refractivity contribution in [3.05, 3.63) is 34.2 Å². The van der Waals surface area contributed by atoms with E-state index < -0.39 is 0 Å². The van der Waals surface area contributed by atoms with E-state index >= 15 is 0 Å². The number of aromatic nitrogens is 2. The summed E-state index contributed by atoms with van der Waals surface area (Å²) in [6, 6.07) is 3.47. The summed E-state index contributed by atoms with van der Waals surface area (Å²) in [6.45, 7) is 5.86. The van der Waals surface area contributed by atoms with Crippen LogP contribution < -0.4 is 0 Å². The fraction of sp³-hybridized carbons (Fsp3) is 0.562. The van der Waals surface area contributed by atoms with E-state index in [9.17, 15) is 4.79 Å². The highest BCUT2D eigenvalue weighted by Gasteiger charge is 2.28. The van der Waals surface area contributed by atoms with Gasteiger partial charge in [-0.3, -0.25) is 4.79 Å². The summed E-state index contributed by atoms with van der Waals surface area (Å²) in [5, 5.41) is 10.8. The van der Waals surface area contributed by atoms with Gasteiger partial charge in [0.2, 0.25) is 0 Å². The number of piperidine rings is 1. The summed E-state index contributed by atoms with van der Waals surface area (Å²) < 4.78 is 5.22. The van der Waals surface area contributed by atoms with Gasteiger partial charge in [0.25, 0.3) is 5.91 Å². The number of likely N-dealkylation sites (tertiary alicyclic amines) is 1. The molecule has 0 saturated carbocycles. The Kier molecular flexibility index (Phi) is 4.57. The third-order valence-corrected chi connectivity index (χ3v) is 4.96. The maximum atomic E-state index is 12.4. The van der Waals surface area contributed by atoms with Crippen LogP contribution in [0.2, 0.25) is 0 Å². The van der Waals surface area contributed by atoms with Gasteiger partial charge in [-0.2, -0.15) is 0 Å². The zero-order valence-corrected chi connectivity index (χ0v) is 13.8. The van der Waals surface area contributed by atoms with Gasteiger partial charge in [-0.1, -0.05) is 13.8 Å². The van der Waals surface area contributed by atoms with E-state index in [1.54, 1.807) is 23.5 Å². The normalized spacial score (nSPS) is 18.9. The molecule has 3 heterocycles. The molecule has 2 aromatic heterocycles. The number of amides is 1. The Morgan fingerprint density at radius 1 is 1.50 bits per heavy atom. The van der Waals surface area contributed by atoms with E-state index in [0.29, 0.717) is 24.1 Å². The van der Waals surface area contributed by atoms with Crippen molar-refractivity contribution < 1.29 is 9.21 Å². The van der Waals surface area contributed by atoms with E-state index in [-0.39, 0.29) is 5.91 Å². The van der Waals surface area contributed by atoms with Crippen molar-refractivity contribution in [2.24, 2.45) is 5.92 Å². The minimum Gasteiger partial charge on any atom is -0.459 e. The minimum absolute atomic E-state index is 0.0263. The van der Waals surface area contributed by atoms with Crippen molar-refractivity contribution in [3.63, 3.8) is 0 Å². The third-order valence-electron chi connectivity index (χ3n) is 3.86. The van der Waals surface area contributed by atoms with Crippen molar-refractivity contribution in [1.82, 2.24) is 15.1 Å². The highest BCUT2D eigenvalue weighted by Crippen LogP contribution is 2.30. The molecule has 2 aromatic rings. The quantitative estimate of drug-likeness (QED) is 0.867. The Hall–Kier alpha value is -1.69. The molecule has 118 valence electrons. The lowest BCUT2D eigenvalue weighted by atomic mass is 9.98. The first kappa shape index (κ1) is 15.2. The lowest BCUT2D eigenvalue weighted by Gasteiger charge is -2.30. The van der Waals surface area contributed by atoms with Crippen molar-refractivity contribution in [3.8, 4) is 0 Å². The van der Waals surface area contributed by atoms with Crippen LogP contribution >= 0.6 is 11.3 Å². The summed E-state index contributed by atoms with van der Waals surface area (Å²) in [4.78, 5) is 14.3. The molecule has 0 N–H and O–H groups in total. The minimum atomic E-state index is -0.0263. The first-order valence-electron chi connectivity index (χ1n) is 7.78. The SMILES string of the molecule is CC(C)Cc1nnc(C2CCCN(C(=O)c3ccco3)C2)s1. The summed E-state index contributed by atoms with van der Waals surface area (Å²) in [6.07, 6.45) is 4.57. The van der Waals surface area contributed by atoms with Crippen LogP contribution in [0.5, 0.6) is 0 Å². The molecule has 5 nitrogen and oxygen atoms in total.